The smallest absolute Gasteiger partial charge is 0.310 e. The Kier molecular flexibility index (Phi) is 4.78. The number of para-hydroxylation sites is 1. The summed E-state index contributed by atoms with van der Waals surface area (Å²) in [5, 5.41) is 9.46. The first kappa shape index (κ1) is 16.8. The van der Waals surface area contributed by atoms with Crippen molar-refractivity contribution in [3.05, 3.63) is 29.8 Å². The topological polar surface area (TPSA) is 66.8 Å². The molecule has 1 aromatic rings. The Morgan fingerprint density at radius 2 is 2.04 bits per heavy atom. The molecule has 5 nitrogen and oxygen atoms in total. The number of carboxylic acids is 1. The van der Waals surface area contributed by atoms with E-state index in [9.17, 15) is 14.7 Å². The summed E-state index contributed by atoms with van der Waals surface area (Å²) in [5.41, 5.74) is 0.288. The molecule has 0 radical (unpaired) electrons. The van der Waals surface area contributed by atoms with E-state index in [1.165, 1.54) is 0 Å². The summed E-state index contributed by atoms with van der Waals surface area (Å²) >= 11 is 0. The highest BCUT2D eigenvalue weighted by atomic mass is 16.5. The van der Waals surface area contributed by atoms with Crippen LogP contribution in [0.1, 0.15) is 44.1 Å². The Balaban J connectivity index is 1.69. The second-order valence-electron chi connectivity index (χ2n) is 7.01. The predicted octanol–water partition coefficient (Wildman–Crippen LogP) is 2.87. The first-order chi connectivity index (χ1) is 11.6. The second-order valence-corrected chi connectivity index (χ2v) is 7.01. The molecular weight excluding hydrogens is 306 g/mol. The van der Waals surface area contributed by atoms with E-state index in [4.69, 9.17) is 4.74 Å². The first-order valence-corrected chi connectivity index (χ1v) is 8.70. The molecule has 24 heavy (non-hydrogen) atoms. The molecule has 1 heterocycles. The first-order valence-electron chi connectivity index (χ1n) is 8.70. The molecule has 1 aliphatic heterocycles. The van der Waals surface area contributed by atoms with Crippen LogP contribution >= 0.6 is 0 Å². The van der Waals surface area contributed by atoms with Gasteiger partial charge in [-0.15, -0.1) is 0 Å². The van der Waals surface area contributed by atoms with Crippen molar-refractivity contribution in [1.82, 2.24) is 4.90 Å². The van der Waals surface area contributed by atoms with Crippen molar-refractivity contribution in [2.75, 3.05) is 13.7 Å². The number of nitrogens with zero attached hydrogens (tertiary/aromatic N) is 1. The number of hydrogen-bond donors (Lipinski definition) is 1. The van der Waals surface area contributed by atoms with Crippen LogP contribution in [0.2, 0.25) is 0 Å². The molecule has 0 unspecified atom stereocenters. The molecule has 0 bridgehead atoms. The Hall–Kier alpha value is -2.04. The molecule has 2 aliphatic rings. The van der Waals surface area contributed by atoms with Crippen molar-refractivity contribution in [2.45, 2.75) is 51.0 Å². The molecular formula is C19H25NO4. The summed E-state index contributed by atoms with van der Waals surface area (Å²) in [6.07, 6.45) is 5.00. The van der Waals surface area contributed by atoms with E-state index in [2.05, 4.69) is 0 Å². The summed E-state index contributed by atoms with van der Waals surface area (Å²) in [5.74, 6) is 0.0230. The van der Waals surface area contributed by atoms with Gasteiger partial charge in [0.25, 0.3) is 0 Å². The predicted molar refractivity (Wildman–Crippen MR) is 90.0 cm³/mol. The third-order valence-electron chi connectivity index (χ3n) is 5.60. The summed E-state index contributed by atoms with van der Waals surface area (Å²) < 4.78 is 5.41. The van der Waals surface area contributed by atoms with Crippen LogP contribution in [-0.4, -0.2) is 41.6 Å². The fraction of sp³-hybridized carbons (Fsp3) is 0.579. The van der Waals surface area contributed by atoms with Gasteiger partial charge in [0.1, 0.15) is 5.75 Å². The van der Waals surface area contributed by atoms with Crippen molar-refractivity contribution in [1.29, 1.82) is 0 Å². The lowest BCUT2D eigenvalue weighted by Crippen LogP contribution is -2.45. The van der Waals surface area contributed by atoms with E-state index in [-0.39, 0.29) is 18.4 Å². The lowest BCUT2D eigenvalue weighted by Gasteiger charge is -2.38. The molecule has 130 valence electrons. The van der Waals surface area contributed by atoms with Crippen LogP contribution in [0.25, 0.3) is 0 Å². The van der Waals surface area contributed by atoms with Crippen molar-refractivity contribution in [2.24, 2.45) is 5.41 Å². The van der Waals surface area contributed by atoms with E-state index in [0.717, 1.165) is 43.5 Å². The van der Waals surface area contributed by atoms with E-state index in [1.54, 1.807) is 7.11 Å². The molecule has 1 aliphatic carbocycles. The van der Waals surface area contributed by atoms with E-state index in [0.29, 0.717) is 12.8 Å². The van der Waals surface area contributed by atoms with E-state index >= 15 is 0 Å². The quantitative estimate of drug-likeness (QED) is 0.870. The maximum Gasteiger partial charge on any atom is 0.310 e. The van der Waals surface area contributed by atoms with Crippen molar-refractivity contribution in [3.63, 3.8) is 0 Å². The van der Waals surface area contributed by atoms with Crippen molar-refractivity contribution >= 4 is 11.9 Å². The number of hydrogen-bond acceptors (Lipinski definition) is 3. The highest BCUT2D eigenvalue weighted by molar-refractivity contribution is 5.86. The normalized spacial score (nSPS) is 22.0. The largest absolute Gasteiger partial charge is 0.496 e. The van der Waals surface area contributed by atoms with Crippen LogP contribution in [0.3, 0.4) is 0 Å². The molecule has 5 heteroatoms. The fourth-order valence-electron chi connectivity index (χ4n) is 3.96. The standard InChI is InChI=1S/C19H25NO4/c1-24-16-8-3-2-6-14(16)12-15-7-4-11-20(15)17(21)13-19(18(22)23)9-5-10-19/h2-3,6,8,15H,4-5,7,9-13H2,1H3,(H,22,23)/t15-/m0/s1. The number of rotatable bonds is 6. The number of amides is 1. The average molecular weight is 331 g/mol. The number of benzene rings is 1. The maximum atomic E-state index is 12.7. The van der Waals surface area contributed by atoms with Crippen LogP contribution in [0.4, 0.5) is 0 Å². The minimum Gasteiger partial charge on any atom is -0.496 e. The number of carboxylic acid groups (broad SMARTS) is 1. The zero-order valence-corrected chi connectivity index (χ0v) is 14.2. The van der Waals surface area contributed by atoms with Gasteiger partial charge in [-0.05, 0) is 43.7 Å². The molecule has 1 saturated carbocycles. The Labute approximate surface area is 142 Å². The molecule has 1 amide bonds. The van der Waals surface area contributed by atoms with Crippen LogP contribution in [0, 0.1) is 5.41 Å². The Bertz CT molecular complexity index is 624. The molecule has 1 saturated heterocycles. The number of ether oxygens (including phenoxy) is 1. The Morgan fingerprint density at radius 3 is 2.67 bits per heavy atom. The molecule has 0 spiro atoms. The minimum absolute atomic E-state index is 0.00509. The van der Waals surface area contributed by atoms with Gasteiger partial charge < -0.3 is 14.7 Å². The lowest BCUT2D eigenvalue weighted by atomic mass is 9.66. The second kappa shape index (κ2) is 6.83. The van der Waals surface area contributed by atoms with Gasteiger partial charge in [-0.3, -0.25) is 9.59 Å². The number of carbonyl (C=O) groups is 2. The number of aliphatic carboxylic acids is 1. The van der Waals surface area contributed by atoms with Crippen LogP contribution < -0.4 is 4.74 Å². The van der Waals surface area contributed by atoms with E-state index in [1.807, 2.05) is 29.2 Å². The minimum atomic E-state index is -0.817. The maximum absolute atomic E-state index is 12.7. The zero-order chi connectivity index (χ0) is 17.2. The molecule has 3 rings (SSSR count). The fourth-order valence-corrected chi connectivity index (χ4v) is 3.96. The van der Waals surface area contributed by atoms with Crippen LogP contribution in [0.5, 0.6) is 5.75 Å². The van der Waals surface area contributed by atoms with E-state index < -0.39 is 11.4 Å². The highest BCUT2D eigenvalue weighted by Crippen LogP contribution is 2.45. The van der Waals surface area contributed by atoms with Gasteiger partial charge in [0.2, 0.25) is 5.91 Å². The van der Waals surface area contributed by atoms with Crippen molar-refractivity contribution in [3.8, 4) is 5.75 Å². The highest BCUT2D eigenvalue weighted by Gasteiger charge is 2.47. The molecule has 1 atom stereocenters. The van der Waals surface area contributed by atoms with Gasteiger partial charge >= 0.3 is 5.97 Å². The SMILES string of the molecule is COc1ccccc1C[C@@H]1CCCN1C(=O)CC1(C(=O)O)CCC1. The monoisotopic (exact) mass is 331 g/mol. The third kappa shape index (κ3) is 3.12. The van der Waals surface area contributed by atoms with Gasteiger partial charge in [-0.25, -0.2) is 0 Å². The zero-order valence-electron chi connectivity index (χ0n) is 14.2. The molecule has 0 aromatic heterocycles. The third-order valence-corrected chi connectivity index (χ3v) is 5.60. The van der Waals surface area contributed by atoms with Gasteiger partial charge in [0.15, 0.2) is 0 Å². The van der Waals surface area contributed by atoms with Crippen LogP contribution in [-0.2, 0) is 16.0 Å². The summed E-state index contributed by atoms with van der Waals surface area (Å²) in [6.45, 7) is 0.731. The van der Waals surface area contributed by atoms with Gasteiger partial charge in [-0.1, -0.05) is 24.6 Å². The van der Waals surface area contributed by atoms with Gasteiger partial charge in [0.05, 0.1) is 12.5 Å². The summed E-state index contributed by atoms with van der Waals surface area (Å²) in [6, 6.07) is 8.02. The summed E-state index contributed by atoms with van der Waals surface area (Å²) in [7, 11) is 1.66. The molecule has 1 N–H and O–H groups in total. The van der Waals surface area contributed by atoms with Crippen molar-refractivity contribution < 1.29 is 19.4 Å². The molecule has 2 fully saturated rings. The number of carbonyl (C=O) groups excluding carboxylic acids is 1. The average Bonchev–Trinajstić information content (AvgIpc) is 2.99. The lowest BCUT2D eigenvalue weighted by molar-refractivity contribution is -0.159. The van der Waals surface area contributed by atoms with Crippen LogP contribution in [0.15, 0.2) is 24.3 Å². The number of methoxy groups -OCH3 is 1. The molecule has 1 aromatic carbocycles. The van der Waals surface area contributed by atoms with Gasteiger partial charge in [0, 0.05) is 19.0 Å². The Morgan fingerprint density at radius 1 is 1.29 bits per heavy atom. The number of likely N-dealkylation sites (tertiary alicyclic amines) is 1. The van der Waals surface area contributed by atoms with Gasteiger partial charge in [-0.2, -0.15) is 0 Å². The summed E-state index contributed by atoms with van der Waals surface area (Å²) in [4.78, 5) is 26.2.